The zero-order valence-corrected chi connectivity index (χ0v) is 14.4. The molecule has 4 heteroatoms. The number of amides is 1. The van der Waals surface area contributed by atoms with Crippen LogP contribution in [0.2, 0.25) is 0 Å². The van der Waals surface area contributed by atoms with Crippen LogP contribution in [-0.2, 0) is 10.3 Å². The Labute approximate surface area is 138 Å². The number of ether oxygens (including phenoxy) is 1. The number of carbonyl (C=O) groups excluding carboxylic acids is 1. The minimum absolute atomic E-state index is 0.0205. The van der Waals surface area contributed by atoms with Crippen molar-refractivity contribution in [1.29, 1.82) is 0 Å². The van der Waals surface area contributed by atoms with Gasteiger partial charge in [-0.2, -0.15) is 0 Å². The Morgan fingerprint density at radius 2 is 2.00 bits per heavy atom. The lowest BCUT2D eigenvalue weighted by atomic mass is 9.83. The molecule has 0 N–H and O–H groups in total. The van der Waals surface area contributed by atoms with Crippen molar-refractivity contribution in [2.75, 3.05) is 6.54 Å². The molecule has 0 bridgehead atoms. The number of rotatable bonds is 4. The van der Waals surface area contributed by atoms with Gasteiger partial charge >= 0.3 is 6.09 Å². The highest BCUT2D eigenvalue weighted by Gasteiger charge is 2.44. The summed E-state index contributed by atoms with van der Waals surface area (Å²) in [6, 6.07) is 6.25. The predicted octanol–water partition coefficient (Wildman–Crippen LogP) is 4.87. The normalized spacial score (nSPS) is 23.3. The summed E-state index contributed by atoms with van der Waals surface area (Å²) in [4.78, 5) is 14.4. The molecule has 1 aromatic carbocycles. The number of cyclic esters (lactones) is 1. The fraction of sp³-hybridized carbons (Fsp3) is 0.526. The lowest BCUT2D eigenvalue weighted by Crippen LogP contribution is -2.54. The van der Waals surface area contributed by atoms with Crippen LogP contribution in [0, 0.1) is 11.2 Å². The van der Waals surface area contributed by atoms with E-state index < -0.39 is 5.60 Å². The van der Waals surface area contributed by atoms with Gasteiger partial charge in [-0.05, 0) is 30.0 Å². The van der Waals surface area contributed by atoms with Gasteiger partial charge in [0.25, 0.3) is 0 Å². The van der Waals surface area contributed by atoms with Crippen LogP contribution in [0.3, 0.4) is 0 Å². The zero-order chi connectivity index (χ0) is 17.3. The van der Waals surface area contributed by atoms with E-state index in [0.717, 1.165) is 5.56 Å². The van der Waals surface area contributed by atoms with Crippen molar-refractivity contribution in [1.82, 2.24) is 4.90 Å². The Morgan fingerprint density at radius 1 is 1.39 bits per heavy atom. The second-order valence-corrected chi connectivity index (χ2v) is 7.35. The molecule has 1 heterocycles. The molecule has 1 aromatic rings. The fourth-order valence-corrected chi connectivity index (χ4v) is 2.94. The van der Waals surface area contributed by atoms with Gasteiger partial charge in [0.2, 0.25) is 0 Å². The lowest BCUT2D eigenvalue weighted by Gasteiger charge is -2.46. The topological polar surface area (TPSA) is 29.5 Å². The lowest BCUT2D eigenvalue weighted by molar-refractivity contribution is -0.0677. The second-order valence-electron chi connectivity index (χ2n) is 7.35. The quantitative estimate of drug-likeness (QED) is 0.741. The summed E-state index contributed by atoms with van der Waals surface area (Å²) < 4.78 is 19.1. The standard InChI is InChI=1S/C19H26FNO2/c1-6-11-19(15-7-9-16(20)10-8-15)12-13-21(17(22)23-19)14(2)18(3,4)5/h6-10,14H,1,11-13H2,2-5H3. The first-order valence-electron chi connectivity index (χ1n) is 8.06. The summed E-state index contributed by atoms with van der Waals surface area (Å²) in [6.45, 7) is 12.8. The first-order chi connectivity index (χ1) is 10.7. The van der Waals surface area contributed by atoms with Crippen molar-refractivity contribution < 1.29 is 13.9 Å². The molecular weight excluding hydrogens is 293 g/mol. The van der Waals surface area contributed by atoms with Gasteiger partial charge in [-0.25, -0.2) is 9.18 Å². The minimum atomic E-state index is -0.749. The monoisotopic (exact) mass is 319 g/mol. The summed E-state index contributed by atoms with van der Waals surface area (Å²) >= 11 is 0. The molecule has 0 spiro atoms. The van der Waals surface area contributed by atoms with E-state index in [1.807, 2.05) is 6.92 Å². The molecule has 0 saturated carbocycles. The van der Waals surface area contributed by atoms with Gasteiger partial charge in [0.05, 0.1) is 0 Å². The molecule has 0 aromatic heterocycles. The smallest absolute Gasteiger partial charge is 0.410 e. The third-order valence-electron chi connectivity index (χ3n) is 4.84. The SMILES string of the molecule is C=CCC1(c2ccc(F)cc2)CCN(C(C)C(C)(C)C)C(=O)O1. The number of halogens is 1. The Balaban J connectivity index is 2.27. The van der Waals surface area contributed by atoms with Gasteiger partial charge in [-0.3, -0.25) is 0 Å². The largest absolute Gasteiger partial charge is 0.437 e. The number of carbonyl (C=O) groups is 1. The number of hydrogen-bond donors (Lipinski definition) is 0. The first kappa shape index (κ1) is 17.5. The molecule has 1 saturated heterocycles. The van der Waals surface area contributed by atoms with E-state index >= 15 is 0 Å². The minimum Gasteiger partial charge on any atom is -0.437 e. The van der Waals surface area contributed by atoms with Gasteiger partial charge in [-0.15, -0.1) is 6.58 Å². The van der Waals surface area contributed by atoms with E-state index in [1.165, 1.54) is 12.1 Å². The van der Waals surface area contributed by atoms with Crippen LogP contribution < -0.4 is 0 Å². The molecule has 126 valence electrons. The third-order valence-corrected chi connectivity index (χ3v) is 4.84. The molecule has 0 radical (unpaired) electrons. The van der Waals surface area contributed by atoms with Crippen LogP contribution in [-0.4, -0.2) is 23.6 Å². The number of benzene rings is 1. The molecule has 1 aliphatic heterocycles. The van der Waals surface area contributed by atoms with Crippen molar-refractivity contribution in [2.24, 2.45) is 5.41 Å². The van der Waals surface area contributed by atoms with E-state index in [1.54, 1.807) is 23.1 Å². The van der Waals surface area contributed by atoms with E-state index in [-0.39, 0.29) is 23.4 Å². The van der Waals surface area contributed by atoms with Crippen molar-refractivity contribution >= 4 is 6.09 Å². The first-order valence-corrected chi connectivity index (χ1v) is 8.06. The summed E-state index contributed by atoms with van der Waals surface area (Å²) in [7, 11) is 0. The molecule has 2 rings (SSSR count). The molecule has 2 atom stereocenters. The molecule has 3 nitrogen and oxygen atoms in total. The average molecular weight is 319 g/mol. The Hall–Kier alpha value is -1.84. The average Bonchev–Trinajstić information content (AvgIpc) is 2.46. The van der Waals surface area contributed by atoms with E-state index in [9.17, 15) is 9.18 Å². The van der Waals surface area contributed by atoms with Gasteiger partial charge in [0.15, 0.2) is 0 Å². The van der Waals surface area contributed by atoms with Crippen molar-refractivity contribution in [3.63, 3.8) is 0 Å². The van der Waals surface area contributed by atoms with E-state index in [4.69, 9.17) is 4.74 Å². The summed E-state index contributed by atoms with van der Waals surface area (Å²) in [5.41, 5.74) is 0.0451. The maximum absolute atomic E-state index is 13.2. The van der Waals surface area contributed by atoms with Crippen LogP contribution in [0.4, 0.5) is 9.18 Å². The molecule has 2 unspecified atom stereocenters. The third kappa shape index (κ3) is 3.57. The van der Waals surface area contributed by atoms with Gasteiger partial charge < -0.3 is 9.64 Å². The Morgan fingerprint density at radius 3 is 2.48 bits per heavy atom. The van der Waals surface area contributed by atoms with Crippen LogP contribution >= 0.6 is 0 Å². The van der Waals surface area contributed by atoms with Crippen LogP contribution in [0.25, 0.3) is 0 Å². The maximum Gasteiger partial charge on any atom is 0.410 e. The molecular formula is C19H26FNO2. The summed E-state index contributed by atoms with van der Waals surface area (Å²) in [5, 5.41) is 0. The molecule has 1 amide bonds. The Bertz CT molecular complexity index is 576. The molecule has 23 heavy (non-hydrogen) atoms. The number of nitrogens with zero attached hydrogens (tertiary/aromatic N) is 1. The van der Waals surface area contributed by atoms with E-state index in [2.05, 4.69) is 27.4 Å². The maximum atomic E-state index is 13.2. The van der Waals surface area contributed by atoms with E-state index in [0.29, 0.717) is 19.4 Å². The summed E-state index contributed by atoms with van der Waals surface area (Å²) in [6.07, 6.45) is 2.61. The highest BCUT2D eigenvalue weighted by atomic mass is 19.1. The predicted molar refractivity (Wildman–Crippen MR) is 89.6 cm³/mol. The van der Waals surface area contributed by atoms with Crippen LogP contribution in [0.5, 0.6) is 0 Å². The van der Waals surface area contributed by atoms with Crippen molar-refractivity contribution in [2.45, 2.75) is 52.2 Å². The molecule has 1 aliphatic rings. The van der Waals surface area contributed by atoms with Gasteiger partial charge in [0.1, 0.15) is 11.4 Å². The van der Waals surface area contributed by atoms with Crippen LogP contribution in [0.15, 0.2) is 36.9 Å². The van der Waals surface area contributed by atoms with Gasteiger partial charge in [-0.1, -0.05) is 39.0 Å². The number of hydrogen-bond acceptors (Lipinski definition) is 2. The van der Waals surface area contributed by atoms with Gasteiger partial charge in [0, 0.05) is 25.4 Å². The van der Waals surface area contributed by atoms with Crippen molar-refractivity contribution in [3.05, 3.63) is 48.3 Å². The van der Waals surface area contributed by atoms with Crippen LogP contribution in [0.1, 0.15) is 46.1 Å². The second kappa shape index (κ2) is 6.34. The fourth-order valence-electron chi connectivity index (χ4n) is 2.94. The highest BCUT2D eigenvalue weighted by Crippen LogP contribution is 2.39. The molecule has 1 fully saturated rings. The highest BCUT2D eigenvalue weighted by molar-refractivity contribution is 5.70. The Kier molecular flexibility index (Phi) is 4.83. The molecule has 0 aliphatic carbocycles. The zero-order valence-electron chi connectivity index (χ0n) is 14.4. The summed E-state index contributed by atoms with van der Waals surface area (Å²) in [5.74, 6) is -0.298. The van der Waals surface area contributed by atoms with Crippen molar-refractivity contribution in [3.8, 4) is 0 Å².